The normalized spacial score (nSPS) is 11.1. The molecule has 19 heavy (non-hydrogen) atoms. The average molecular weight is 272 g/mol. The Balaban J connectivity index is 2.04. The molecular formula is C13H12N4OS. The van der Waals surface area contributed by atoms with Gasteiger partial charge in [0.25, 0.3) is 5.22 Å². The van der Waals surface area contributed by atoms with E-state index in [-0.39, 0.29) is 0 Å². The summed E-state index contributed by atoms with van der Waals surface area (Å²) < 4.78 is 5.34. The topological polar surface area (TPSA) is 77.8 Å². The summed E-state index contributed by atoms with van der Waals surface area (Å²) in [6.45, 7) is 2.23. The van der Waals surface area contributed by atoms with Gasteiger partial charge in [-0.15, -0.1) is 10.2 Å². The second-order valence-electron chi connectivity index (χ2n) is 4.03. The largest absolute Gasteiger partial charge is 0.416 e. The minimum atomic E-state index is 0.472. The molecule has 2 aromatic heterocycles. The van der Waals surface area contributed by atoms with Gasteiger partial charge in [0.1, 0.15) is 5.03 Å². The third-order valence-electron chi connectivity index (χ3n) is 2.70. The number of fused-ring (bicyclic) bond motifs is 1. The van der Waals surface area contributed by atoms with Crippen LogP contribution in [0.4, 0.5) is 0 Å². The lowest BCUT2D eigenvalue weighted by atomic mass is 10.1. The molecule has 0 atom stereocenters. The van der Waals surface area contributed by atoms with Crippen LogP contribution in [0.2, 0.25) is 0 Å². The number of nitrogens with zero attached hydrogens (tertiary/aromatic N) is 3. The van der Waals surface area contributed by atoms with Crippen LogP contribution in [0.15, 0.2) is 45.0 Å². The molecule has 1 aromatic carbocycles. The van der Waals surface area contributed by atoms with Crippen LogP contribution in [-0.2, 0) is 6.54 Å². The van der Waals surface area contributed by atoms with Crippen LogP contribution in [0.5, 0.6) is 0 Å². The van der Waals surface area contributed by atoms with Gasteiger partial charge >= 0.3 is 0 Å². The van der Waals surface area contributed by atoms with Gasteiger partial charge in [0.15, 0.2) is 0 Å². The van der Waals surface area contributed by atoms with Gasteiger partial charge in [-0.25, -0.2) is 4.98 Å². The number of nitrogens with two attached hydrogens (primary N) is 1. The number of para-hydroxylation sites is 1. The summed E-state index contributed by atoms with van der Waals surface area (Å²) in [7, 11) is 0. The quantitative estimate of drug-likeness (QED) is 0.789. The highest BCUT2D eigenvalue weighted by atomic mass is 32.2. The highest BCUT2D eigenvalue weighted by Crippen LogP contribution is 2.28. The predicted octanol–water partition coefficient (Wildman–Crippen LogP) is 2.54. The summed E-state index contributed by atoms with van der Waals surface area (Å²) in [5.74, 6) is 0.544. The molecule has 0 unspecified atom stereocenters. The lowest BCUT2D eigenvalue weighted by molar-refractivity contribution is 0.429. The molecule has 0 saturated heterocycles. The highest BCUT2D eigenvalue weighted by molar-refractivity contribution is 7.99. The van der Waals surface area contributed by atoms with E-state index in [0.29, 0.717) is 17.7 Å². The van der Waals surface area contributed by atoms with Crippen molar-refractivity contribution in [1.29, 1.82) is 0 Å². The third kappa shape index (κ3) is 2.45. The third-order valence-corrected chi connectivity index (χ3v) is 3.46. The van der Waals surface area contributed by atoms with E-state index in [1.54, 1.807) is 6.92 Å². The van der Waals surface area contributed by atoms with Crippen LogP contribution in [0.25, 0.3) is 10.9 Å². The van der Waals surface area contributed by atoms with Gasteiger partial charge in [0, 0.05) is 18.9 Å². The van der Waals surface area contributed by atoms with Crippen molar-refractivity contribution in [3.05, 3.63) is 41.8 Å². The second-order valence-corrected chi connectivity index (χ2v) is 5.00. The Morgan fingerprint density at radius 1 is 1.26 bits per heavy atom. The molecule has 0 aliphatic rings. The van der Waals surface area contributed by atoms with Gasteiger partial charge in [0.2, 0.25) is 5.89 Å². The molecule has 96 valence electrons. The maximum atomic E-state index is 5.79. The smallest absolute Gasteiger partial charge is 0.282 e. The van der Waals surface area contributed by atoms with Crippen molar-refractivity contribution in [2.24, 2.45) is 5.73 Å². The van der Waals surface area contributed by atoms with E-state index in [2.05, 4.69) is 15.2 Å². The second kappa shape index (κ2) is 4.99. The van der Waals surface area contributed by atoms with Gasteiger partial charge in [-0.3, -0.25) is 0 Å². The zero-order chi connectivity index (χ0) is 13.2. The average Bonchev–Trinajstić information content (AvgIpc) is 2.83. The Kier molecular flexibility index (Phi) is 3.18. The Bertz CT molecular complexity index is 725. The van der Waals surface area contributed by atoms with Crippen molar-refractivity contribution in [2.75, 3.05) is 0 Å². The minimum absolute atomic E-state index is 0.472. The van der Waals surface area contributed by atoms with Crippen LogP contribution in [0, 0.1) is 6.92 Å². The summed E-state index contributed by atoms with van der Waals surface area (Å²) >= 11 is 1.35. The first-order valence-corrected chi connectivity index (χ1v) is 6.64. The molecule has 2 N–H and O–H groups in total. The van der Waals surface area contributed by atoms with Crippen LogP contribution in [-0.4, -0.2) is 15.2 Å². The Morgan fingerprint density at radius 2 is 2.11 bits per heavy atom. The first-order valence-electron chi connectivity index (χ1n) is 5.83. The van der Waals surface area contributed by atoms with Gasteiger partial charge in [-0.1, -0.05) is 18.2 Å². The Labute approximate surface area is 114 Å². The van der Waals surface area contributed by atoms with Crippen molar-refractivity contribution in [3.8, 4) is 0 Å². The van der Waals surface area contributed by atoms with Gasteiger partial charge in [0.05, 0.1) is 5.52 Å². The molecule has 3 rings (SSSR count). The summed E-state index contributed by atoms with van der Waals surface area (Å²) in [5.41, 5.74) is 7.77. The van der Waals surface area contributed by atoms with E-state index >= 15 is 0 Å². The molecule has 0 fully saturated rings. The Hall–Kier alpha value is -1.92. The molecule has 0 aliphatic carbocycles. The number of rotatable bonds is 3. The predicted molar refractivity (Wildman–Crippen MR) is 72.8 cm³/mol. The van der Waals surface area contributed by atoms with Crippen LogP contribution < -0.4 is 5.73 Å². The zero-order valence-electron chi connectivity index (χ0n) is 10.3. The zero-order valence-corrected chi connectivity index (χ0v) is 11.1. The lowest BCUT2D eigenvalue weighted by Gasteiger charge is -2.06. The first kappa shape index (κ1) is 12.1. The van der Waals surface area contributed by atoms with E-state index < -0.39 is 0 Å². The van der Waals surface area contributed by atoms with Gasteiger partial charge in [-0.05, 0) is 29.5 Å². The van der Waals surface area contributed by atoms with E-state index in [1.165, 1.54) is 11.8 Å². The van der Waals surface area contributed by atoms with Crippen LogP contribution >= 0.6 is 11.8 Å². The van der Waals surface area contributed by atoms with Crippen molar-refractivity contribution in [3.63, 3.8) is 0 Å². The number of aryl methyl sites for hydroxylation is 1. The summed E-state index contributed by atoms with van der Waals surface area (Å²) in [6.07, 6.45) is 0. The summed E-state index contributed by atoms with van der Waals surface area (Å²) in [4.78, 5) is 4.57. The van der Waals surface area contributed by atoms with Crippen LogP contribution in [0.3, 0.4) is 0 Å². The number of hydrogen-bond donors (Lipinski definition) is 1. The standard InChI is InChI=1S/C13H12N4OS/c1-8-16-17-13(18-8)19-12-6-9(7-14)10-4-2-3-5-11(10)15-12/h2-6H,7,14H2,1H3. The fourth-order valence-corrected chi connectivity index (χ4v) is 2.62. The molecule has 2 heterocycles. The van der Waals surface area contributed by atoms with E-state index in [0.717, 1.165) is 21.5 Å². The van der Waals surface area contributed by atoms with E-state index in [1.807, 2.05) is 30.3 Å². The molecule has 5 nitrogen and oxygen atoms in total. The van der Waals surface area contributed by atoms with Crippen molar-refractivity contribution >= 4 is 22.7 Å². The molecule has 0 amide bonds. The molecule has 0 spiro atoms. The van der Waals surface area contributed by atoms with E-state index in [4.69, 9.17) is 10.2 Å². The maximum Gasteiger partial charge on any atom is 0.282 e. The van der Waals surface area contributed by atoms with Crippen molar-refractivity contribution in [1.82, 2.24) is 15.2 Å². The fourth-order valence-electron chi connectivity index (χ4n) is 1.85. The number of benzene rings is 1. The van der Waals surface area contributed by atoms with Gasteiger partial charge < -0.3 is 10.2 Å². The Morgan fingerprint density at radius 3 is 2.84 bits per heavy atom. The van der Waals surface area contributed by atoms with Crippen molar-refractivity contribution < 1.29 is 4.42 Å². The number of pyridine rings is 1. The van der Waals surface area contributed by atoms with Gasteiger partial charge in [-0.2, -0.15) is 0 Å². The molecular weight excluding hydrogens is 260 g/mol. The maximum absolute atomic E-state index is 5.79. The molecule has 0 radical (unpaired) electrons. The summed E-state index contributed by atoms with van der Waals surface area (Å²) in [5, 5.41) is 10.1. The first-order chi connectivity index (χ1) is 9.26. The molecule has 3 aromatic rings. The SMILES string of the molecule is Cc1nnc(Sc2cc(CN)c3ccccc3n2)o1. The monoisotopic (exact) mass is 272 g/mol. The molecule has 0 bridgehead atoms. The molecule has 0 saturated carbocycles. The molecule has 0 aliphatic heterocycles. The van der Waals surface area contributed by atoms with Crippen molar-refractivity contribution in [2.45, 2.75) is 23.7 Å². The molecule has 6 heteroatoms. The number of aromatic nitrogens is 3. The number of hydrogen-bond acceptors (Lipinski definition) is 6. The fraction of sp³-hybridized carbons (Fsp3) is 0.154. The summed E-state index contributed by atoms with van der Waals surface area (Å²) in [6, 6.07) is 9.90. The lowest BCUT2D eigenvalue weighted by Crippen LogP contribution is -1.99. The van der Waals surface area contributed by atoms with E-state index in [9.17, 15) is 0 Å². The van der Waals surface area contributed by atoms with Crippen LogP contribution in [0.1, 0.15) is 11.5 Å². The minimum Gasteiger partial charge on any atom is -0.416 e. The highest BCUT2D eigenvalue weighted by Gasteiger charge is 2.09.